The number of halogens is 1. The number of para-hydroxylation sites is 1. The summed E-state index contributed by atoms with van der Waals surface area (Å²) in [6.07, 6.45) is 0. The first-order chi connectivity index (χ1) is 14.6. The van der Waals surface area contributed by atoms with Crippen LogP contribution < -0.4 is 10.2 Å². The van der Waals surface area contributed by atoms with Gasteiger partial charge in [0.15, 0.2) is 0 Å². The van der Waals surface area contributed by atoms with E-state index >= 15 is 0 Å². The van der Waals surface area contributed by atoms with Gasteiger partial charge >= 0.3 is 0 Å². The van der Waals surface area contributed by atoms with Crippen LogP contribution in [0.25, 0.3) is 10.6 Å². The van der Waals surface area contributed by atoms with E-state index in [1.807, 2.05) is 13.0 Å². The summed E-state index contributed by atoms with van der Waals surface area (Å²) in [7, 11) is 0. The summed E-state index contributed by atoms with van der Waals surface area (Å²) in [4.78, 5) is 22.5. The van der Waals surface area contributed by atoms with Gasteiger partial charge in [0.2, 0.25) is 0 Å². The van der Waals surface area contributed by atoms with Gasteiger partial charge in [-0.1, -0.05) is 18.2 Å². The normalized spacial score (nSPS) is 14.7. The molecule has 0 bridgehead atoms. The van der Waals surface area contributed by atoms with Crippen LogP contribution >= 0.6 is 11.3 Å². The highest BCUT2D eigenvalue weighted by Gasteiger charge is 2.19. The van der Waals surface area contributed by atoms with Crippen LogP contribution in [-0.4, -0.2) is 55.1 Å². The molecule has 30 heavy (non-hydrogen) atoms. The van der Waals surface area contributed by atoms with Gasteiger partial charge in [-0.3, -0.25) is 9.69 Å². The molecule has 0 radical (unpaired) electrons. The molecule has 7 heteroatoms. The van der Waals surface area contributed by atoms with E-state index in [0.717, 1.165) is 43.3 Å². The summed E-state index contributed by atoms with van der Waals surface area (Å²) in [6.45, 7) is 7.23. The van der Waals surface area contributed by atoms with E-state index in [1.165, 1.54) is 29.2 Å². The molecule has 1 aromatic heterocycles. The van der Waals surface area contributed by atoms with E-state index in [9.17, 15) is 9.18 Å². The molecule has 0 atom stereocenters. The number of carbonyl (C=O) groups excluding carboxylic acids is 1. The van der Waals surface area contributed by atoms with Crippen molar-refractivity contribution in [3.8, 4) is 10.6 Å². The molecule has 0 aliphatic carbocycles. The number of amides is 1. The smallest absolute Gasteiger partial charge is 0.263 e. The van der Waals surface area contributed by atoms with Crippen LogP contribution in [0.4, 0.5) is 10.1 Å². The molecule has 5 nitrogen and oxygen atoms in total. The summed E-state index contributed by atoms with van der Waals surface area (Å²) < 4.78 is 13.1. The first-order valence-electron chi connectivity index (χ1n) is 10.1. The zero-order chi connectivity index (χ0) is 20.9. The number of benzene rings is 2. The molecule has 1 aliphatic heterocycles. The summed E-state index contributed by atoms with van der Waals surface area (Å²) >= 11 is 1.34. The van der Waals surface area contributed by atoms with Crippen LogP contribution in [0.15, 0.2) is 54.6 Å². The highest BCUT2D eigenvalue weighted by atomic mass is 32.1. The molecular weight excluding hydrogens is 399 g/mol. The Morgan fingerprint density at radius 3 is 2.47 bits per heavy atom. The van der Waals surface area contributed by atoms with Crippen molar-refractivity contribution in [3.63, 3.8) is 0 Å². The molecule has 2 heterocycles. The zero-order valence-electron chi connectivity index (χ0n) is 17.0. The number of rotatable bonds is 6. The van der Waals surface area contributed by atoms with Crippen molar-refractivity contribution in [2.45, 2.75) is 6.92 Å². The number of nitrogens with zero attached hydrogens (tertiary/aromatic N) is 3. The number of piperazine rings is 1. The lowest BCUT2D eigenvalue weighted by Gasteiger charge is -2.36. The first-order valence-corrected chi connectivity index (χ1v) is 11.0. The average molecular weight is 425 g/mol. The van der Waals surface area contributed by atoms with E-state index in [1.54, 1.807) is 12.1 Å². The second-order valence-corrected chi connectivity index (χ2v) is 8.36. The minimum Gasteiger partial charge on any atom is -0.369 e. The van der Waals surface area contributed by atoms with Gasteiger partial charge in [0.25, 0.3) is 5.91 Å². The Hall–Kier alpha value is -2.77. The maximum absolute atomic E-state index is 13.1. The Morgan fingerprint density at radius 1 is 1.07 bits per heavy atom. The van der Waals surface area contributed by atoms with E-state index in [2.05, 4.69) is 44.4 Å². The fourth-order valence-corrected chi connectivity index (χ4v) is 4.59. The molecule has 4 rings (SSSR count). The molecule has 3 aromatic rings. The Labute approximate surface area is 180 Å². The third-order valence-corrected chi connectivity index (χ3v) is 6.51. The van der Waals surface area contributed by atoms with Gasteiger partial charge < -0.3 is 10.2 Å². The third-order valence-electron chi connectivity index (χ3n) is 5.30. The molecular formula is C23H25FN4OS. The fourth-order valence-electron chi connectivity index (χ4n) is 3.60. The van der Waals surface area contributed by atoms with Crippen molar-refractivity contribution >= 4 is 22.9 Å². The molecule has 0 saturated carbocycles. The Bertz CT molecular complexity index is 982. The van der Waals surface area contributed by atoms with Gasteiger partial charge in [-0.05, 0) is 43.3 Å². The van der Waals surface area contributed by atoms with Crippen molar-refractivity contribution in [1.82, 2.24) is 15.2 Å². The van der Waals surface area contributed by atoms with Crippen molar-refractivity contribution in [2.75, 3.05) is 44.2 Å². The van der Waals surface area contributed by atoms with E-state index in [-0.39, 0.29) is 11.7 Å². The number of carbonyl (C=O) groups is 1. The number of hydrogen-bond donors (Lipinski definition) is 1. The van der Waals surface area contributed by atoms with Gasteiger partial charge in [-0.25, -0.2) is 9.37 Å². The van der Waals surface area contributed by atoms with Crippen molar-refractivity contribution in [2.24, 2.45) is 0 Å². The molecule has 1 fully saturated rings. The van der Waals surface area contributed by atoms with Crippen molar-refractivity contribution in [1.29, 1.82) is 0 Å². The van der Waals surface area contributed by atoms with Gasteiger partial charge in [-0.2, -0.15) is 0 Å². The highest BCUT2D eigenvalue weighted by molar-refractivity contribution is 7.17. The lowest BCUT2D eigenvalue weighted by molar-refractivity contribution is 0.0951. The standard InChI is InChI=1S/C23H25FN4OS/c1-17-21(30-23(26-17)18-7-9-19(24)10-8-18)22(29)25-11-12-27-13-15-28(16-14-27)20-5-3-2-4-6-20/h2-10H,11-16H2,1H3,(H,25,29). The molecule has 0 unspecified atom stereocenters. The predicted molar refractivity (Wildman–Crippen MR) is 120 cm³/mol. The molecule has 1 amide bonds. The Balaban J connectivity index is 1.26. The number of hydrogen-bond acceptors (Lipinski definition) is 5. The average Bonchev–Trinajstić information content (AvgIpc) is 3.17. The second kappa shape index (κ2) is 9.36. The Morgan fingerprint density at radius 2 is 1.77 bits per heavy atom. The molecule has 1 saturated heterocycles. The van der Waals surface area contributed by atoms with Crippen LogP contribution in [0.3, 0.4) is 0 Å². The quantitative estimate of drug-likeness (QED) is 0.654. The van der Waals surface area contributed by atoms with Crippen LogP contribution in [0, 0.1) is 12.7 Å². The van der Waals surface area contributed by atoms with Crippen LogP contribution in [0.5, 0.6) is 0 Å². The van der Waals surface area contributed by atoms with Crippen LogP contribution in [0.1, 0.15) is 15.4 Å². The molecule has 156 valence electrons. The van der Waals surface area contributed by atoms with Gasteiger partial charge in [0, 0.05) is 50.5 Å². The molecule has 1 N–H and O–H groups in total. The fraction of sp³-hybridized carbons (Fsp3) is 0.304. The van der Waals surface area contributed by atoms with Crippen LogP contribution in [0.2, 0.25) is 0 Å². The van der Waals surface area contributed by atoms with Crippen molar-refractivity contribution < 1.29 is 9.18 Å². The number of aromatic nitrogens is 1. The van der Waals surface area contributed by atoms with E-state index < -0.39 is 0 Å². The van der Waals surface area contributed by atoms with Crippen molar-refractivity contribution in [3.05, 3.63) is 71.0 Å². The minimum absolute atomic E-state index is 0.0960. The SMILES string of the molecule is Cc1nc(-c2ccc(F)cc2)sc1C(=O)NCCN1CCN(c2ccccc2)CC1. The summed E-state index contributed by atoms with van der Waals surface area (Å²) in [5.74, 6) is -0.379. The second-order valence-electron chi connectivity index (χ2n) is 7.36. The molecule has 1 aliphatic rings. The maximum atomic E-state index is 13.1. The lowest BCUT2D eigenvalue weighted by atomic mass is 10.2. The number of anilines is 1. The number of nitrogens with one attached hydrogen (secondary N) is 1. The summed E-state index contributed by atoms with van der Waals surface area (Å²) in [5, 5.41) is 3.75. The summed E-state index contributed by atoms with van der Waals surface area (Å²) in [5.41, 5.74) is 2.79. The number of aryl methyl sites for hydroxylation is 1. The number of thiazole rings is 1. The van der Waals surface area contributed by atoms with E-state index in [0.29, 0.717) is 17.1 Å². The van der Waals surface area contributed by atoms with Gasteiger partial charge in [0.05, 0.1) is 5.69 Å². The first kappa shape index (κ1) is 20.5. The largest absolute Gasteiger partial charge is 0.369 e. The minimum atomic E-state index is -0.283. The van der Waals surface area contributed by atoms with E-state index in [4.69, 9.17) is 0 Å². The van der Waals surface area contributed by atoms with Crippen LogP contribution in [-0.2, 0) is 0 Å². The highest BCUT2D eigenvalue weighted by Crippen LogP contribution is 2.28. The molecule has 2 aromatic carbocycles. The summed E-state index contributed by atoms with van der Waals surface area (Å²) in [6, 6.07) is 16.7. The third kappa shape index (κ3) is 4.86. The molecule has 0 spiro atoms. The maximum Gasteiger partial charge on any atom is 0.263 e. The van der Waals surface area contributed by atoms with Gasteiger partial charge in [0.1, 0.15) is 15.7 Å². The zero-order valence-corrected chi connectivity index (χ0v) is 17.8. The topological polar surface area (TPSA) is 48.5 Å². The monoisotopic (exact) mass is 424 g/mol. The predicted octanol–water partition coefficient (Wildman–Crippen LogP) is 3.81. The Kier molecular flexibility index (Phi) is 6.40. The lowest BCUT2D eigenvalue weighted by Crippen LogP contribution is -2.48. The van der Waals surface area contributed by atoms with Gasteiger partial charge in [-0.15, -0.1) is 11.3 Å².